The first-order valence-corrected chi connectivity index (χ1v) is 8.17. The van der Waals surface area contributed by atoms with Crippen LogP contribution < -0.4 is 10.1 Å². The number of methoxy groups -OCH3 is 1. The van der Waals surface area contributed by atoms with Crippen molar-refractivity contribution < 1.29 is 18.4 Å². The predicted molar refractivity (Wildman–Crippen MR) is 98.4 cm³/mol. The number of nitrogens with one attached hydrogen (secondary N) is 1. The van der Waals surface area contributed by atoms with Crippen LogP contribution in [0.3, 0.4) is 0 Å². The van der Waals surface area contributed by atoms with Crippen LogP contribution in [0.15, 0.2) is 75.8 Å². The van der Waals surface area contributed by atoms with Gasteiger partial charge in [0.15, 0.2) is 5.76 Å². The second-order valence-electron chi connectivity index (χ2n) is 5.62. The Kier molecular flexibility index (Phi) is 4.40. The Morgan fingerprint density at radius 1 is 0.963 bits per heavy atom. The molecule has 2 aromatic carbocycles. The Labute approximate surface area is 154 Å². The monoisotopic (exact) mass is 361 g/mol. The topological polar surface area (TPSA) is 90.4 Å². The van der Waals surface area contributed by atoms with Gasteiger partial charge in [-0.2, -0.15) is 0 Å². The molecule has 0 fully saturated rings. The number of ether oxygens (including phenoxy) is 1. The minimum atomic E-state index is -0.252. The highest BCUT2D eigenvalue weighted by atomic mass is 16.5. The zero-order chi connectivity index (χ0) is 18.6. The van der Waals surface area contributed by atoms with E-state index in [4.69, 9.17) is 13.6 Å². The van der Waals surface area contributed by atoms with Gasteiger partial charge in [-0.1, -0.05) is 12.1 Å². The van der Waals surface area contributed by atoms with Crippen molar-refractivity contribution in [3.8, 4) is 28.9 Å². The molecule has 0 saturated carbocycles. The summed E-state index contributed by atoms with van der Waals surface area (Å²) in [5, 5.41) is 10.8. The van der Waals surface area contributed by atoms with E-state index in [1.165, 1.54) is 7.11 Å². The molecule has 2 heterocycles. The van der Waals surface area contributed by atoms with Gasteiger partial charge in [0.2, 0.25) is 5.89 Å². The minimum absolute atomic E-state index is 0.252. The highest BCUT2D eigenvalue weighted by molar-refractivity contribution is 6.06. The van der Waals surface area contributed by atoms with Crippen molar-refractivity contribution in [2.45, 2.75) is 0 Å². The van der Waals surface area contributed by atoms with Gasteiger partial charge >= 0.3 is 0 Å². The molecular weight excluding hydrogens is 346 g/mol. The molecule has 0 atom stereocenters. The molecule has 4 aromatic rings. The first-order valence-electron chi connectivity index (χ1n) is 8.17. The van der Waals surface area contributed by atoms with Crippen molar-refractivity contribution in [2.75, 3.05) is 12.4 Å². The highest BCUT2D eigenvalue weighted by Crippen LogP contribution is 2.25. The Bertz CT molecular complexity index is 1050. The maximum Gasteiger partial charge on any atom is 0.283 e. The van der Waals surface area contributed by atoms with Crippen LogP contribution in [-0.4, -0.2) is 23.2 Å². The molecule has 0 radical (unpaired) electrons. The standard InChI is InChI=1S/C20H15N3O4/c1-25-16-6-3-2-5-15(16)18(24)21-14-10-8-13(9-11-14)19-22-23-20(27-19)17-7-4-12-26-17/h2-12H,1H3,(H,21,24). The summed E-state index contributed by atoms with van der Waals surface area (Å²) >= 11 is 0. The summed E-state index contributed by atoms with van der Waals surface area (Å²) in [6.07, 6.45) is 1.54. The summed E-state index contributed by atoms with van der Waals surface area (Å²) in [5.41, 5.74) is 1.83. The van der Waals surface area contributed by atoms with Crippen molar-refractivity contribution in [1.82, 2.24) is 10.2 Å². The molecule has 0 saturated heterocycles. The van der Waals surface area contributed by atoms with E-state index in [0.717, 1.165) is 5.56 Å². The van der Waals surface area contributed by atoms with E-state index in [1.54, 1.807) is 60.9 Å². The summed E-state index contributed by atoms with van der Waals surface area (Å²) in [5.74, 6) is 1.45. The van der Waals surface area contributed by atoms with Gasteiger partial charge in [0, 0.05) is 11.3 Å². The number of rotatable bonds is 5. The number of aromatic nitrogens is 2. The van der Waals surface area contributed by atoms with E-state index in [9.17, 15) is 4.79 Å². The van der Waals surface area contributed by atoms with Crippen LogP contribution in [-0.2, 0) is 0 Å². The van der Waals surface area contributed by atoms with Crippen molar-refractivity contribution in [2.24, 2.45) is 0 Å². The van der Waals surface area contributed by atoms with Crippen LogP contribution in [0, 0.1) is 0 Å². The highest BCUT2D eigenvalue weighted by Gasteiger charge is 2.14. The van der Waals surface area contributed by atoms with E-state index >= 15 is 0 Å². The van der Waals surface area contributed by atoms with Gasteiger partial charge in [0.25, 0.3) is 11.8 Å². The zero-order valence-electron chi connectivity index (χ0n) is 14.4. The van der Waals surface area contributed by atoms with E-state index < -0.39 is 0 Å². The molecule has 0 aliphatic heterocycles. The molecule has 0 aliphatic carbocycles. The third-order valence-electron chi connectivity index (χ3n) is 3.90. The Hall–Kier alpha value is -3.87. The predicted octanol–water partition coefficient (Wildman–Crippen LogP) is 4.26. The van der Waals surface area contributed by atoms with Gasteiger partial charge < -0.3 is 18.9 Å². The second kappa shape index (κ2) is 7.17. The SMILES string of the molecule is COc1ccccc1C(=O)Nc1ccc(-c2nnc(-c3ccco3)o2)cc1. The Morgan fingerprint density at radius 3 is 2.48 bits per heavy atom. The molecule has 7 nitrogen and oxygen atoms in total. The third kappa shape index (κ3) is 3.43. The molecule has 1 amide bonds. The fourth-order valence-corrected chi connectivity index (χ4v) is 2.57. The lowest BCUT2D eigenvalue weighted by molar-refractivity contribution is 0.102. The summed E-state index contributed by atoms with van der Waals surface area (Å²) < 4.78 is 16.1. The maximum absolute atomic E-state index is 12.4. The number of carbonyl (C=O) groups excluding carboxylic acids is 1. The fraction of sp³-hybridized carbons (Fsp3) is 0.0500. The van der Waals surface area contributed by atoms with Crippen molar-refractivity contribution in [1.29, 1.82) is 0 Å². The van der Waals surface area contributed by atoms with E-state index in [2.05, 4.69) is 15.5 Å². The lowest BCUT2D eigenvalue weighted by atomic mass is 10.1. The third-order valence-corrected chi connectivity index (χ3v) is 3.90. The number of hydrogen-bond acceptors (Lipinski definition) is 6. The van der Waals surface area contributed by atoms with Gasteiger partial charge in [-0.25, -0.2) is 0 Å². The molecule has 0 spiro atoms. The quantitative estimate of drug-likeness (QED) is 0.571. The lowest BCUT2D eigenvalue weighted by Crippen LogP contribution is -2.12. The van der Waals surface area contributed by atoms with Crippen molar-refractivity contribution in [3.05, 3.63) is 72.5 Å². The zero-order valence-corrected chi connectivity index (χ0v) is 14.4. The van der Waals surface area contributed by atoms with E-state index in [-0.39, 0.29) is 5.91 Å². The normalized spacial score (nSPS) is 10.6. The van der Waals surface area contributed by atoms with Crippen molar-refractivity contribution in [3.63, 3.8) is 0 Å². The average Bonchev–Trinajstić information content (AvgIpc) is 3.40. The van der Waals surface area contributed by atoms with Crippen LogP contribution >= 0.6 is 0 Å². The first-order chi connectivity index (χ1) is 13.2. The molecule has 134 valence electrons. The molecule has 2 aromatic heterocycles. The summed E-state index contributed by atoms with van der Waals surface area (Å²) in [4.78, 5) is 12.4. The number of para-hydroxylation sites is 1. The molecule has 4 rings (SSSR count). The number of benzene rings is 2. The Balaban J connectivity index is 1.50. The smallest absolute Gasteiger partial charge is 0.283 e. The summed E-state index contributed by atoms with van der Waals surface area (Å²) in [6, 6.07) is 17.6. The summed E-state index contributed by atoms with van der Waals surface area (Å²) in [6.45, 7) is 0. The first kappa shape index (κ1) is 16.6. The molecule has 0 aliphatic rings. The largest absolute Gasteiger partial charge is 0.496 e. The van der Waals surface area contributed by atoms with Crippen LogP contribution in [0.1, 0.15) is 10.4 Å². The molecular formula is C20H15N3O4. The van der Waals surface area contributed by atoms with Crippen LogP contribution in [0.25, 0.3) is 23.1 Å². The maximum atomic E-state index is 12.4. The number of hydrogen-bond donors (Lipinski definition) is 1. The van der Waals surface area contributed by atoms with Gasteiger partial charge in [-0.15, -0.1) is 10.2 Å². The van der Waals surface area contributed by atoms with Crippen molar-refractivity contribution >= 4 is 11.6 Å². The number of nitrogens with zero attached hydrogens (tertiary/aromatic N) is 2. The Morgan fingerprint density at radius 2 is 1.74 bits per heavy atom. The van der Waals surface area contributed by atoms with Gasteiger partial charge in [-0.3, -0.25) is 4.79 Å². The van der Waals surface area contributed by atoms with Crippen LogP contribution in [0.5, 0.6) is 5.75 Å². The van der Waals surface area contributed by atoms with Crippen LogP contribution in [0.2, 0.25) is 0 Å². The molecule has 0 unspecified atom stereocenters. The molecule has 27 heavy (non-hydrogen) atoms. The average molecular weight is 361 g/mol. The van der Waals surface area contributed by atoms with Gasteiger partial charge in [-0.05, 0) is 48.5 Å². The second-order valence-corrected chi connectivity index (χ2v) is 5.62. The van der Waals surface area contributed by atoms with Gasteiger partial charge in [0.05, 0.1) is 18.9 Å². The van der Waals surface area contributed by atoms with E-state index in [1.807, 2.05) is 6.07 Å². The number of furan rings is 1. The molecule has 0 bridgehead atoms. The number of carbonyl (C=O) groups is 1. The fourth-order valence-electron chi connectivity index (χ4n) is 2.57. The minimum Gasteiger partial charge on any atom is -0.496 e. The van der Waals surface area contributed by atoms with E-state index in [0.29, 0.717) is 34.5 Å². The lowest BCUT2D eigenvalue weighted by Gasteiger charge is -2.09. The van der Waals surface area contributed by atoms with Crippen LogP contribution in [0.4, 0.5) is 5.69 Å². The van der Waals surface area contributed by atoms with Gasteiger partial charge in [0.1, 0.15) is 5.75 Å². The molecule has 1 N–H and O–H groups in total. The number of amides is 1. The summed E-state index contributed by atoms with van der Waals surface area (Å²) in [7, 11) is 1.53. The molecule has 7 heteroatoms. The number of anilines is 1.